The van der Waals surface area contributed by atoms with E-state index in [1.165, 1.54) is 6.07 Å². The Morgan fingerprint density at radius 3 is 2.33 bits per heavy atom. The standard InChI is InChI=1S/C28H37F2N3O3/c1-19(2)14-32(15-24(34)18-35-17-20(3)4)16-25-21(5)31-33(23-9-7-6-8-10-23)28(25)36-27-12-11-22(29)13-26(27)30/h6-13,19-20,24,34H,14-18H2,1-5H3/t24-/m1/s1. The lowest BCUT2D eigenvalue weighted by Crippen LogP contribution is -2.37. The average molecular weight is 502 g/mol. The highest BCUT2D eigenvalue weighted by Crippen LogP contribution is 2.33. The van der Waals surface area contributed by atoms with Crippen molar-refractivity contribution in [3.8, 4) is 17.3 Å². The van der Waals surface area contributed by atoms with Gasteiger partial charge in [-0.3, -0.25) is 4.90 Å². The number of benzene rings is 2. The second-order valence-corrected chi connectivity index (χ2v) is 9.97. The summed E-state index contributed by atoms with van der Waals surface area (Å²) >= 11 is 0. The normalized spacial score (nSPS) is 12.6. The van der Waals surface area contributed by atoms with Gasteiger partial charge in [0.15, 0.2) is 11.6 Å². The number of aromatic nitrogens is 2. The summed E-state index contributed by atoms with van der Waals surface area (Å²) in [7, 11) is 0. The summed E-state index contributed by atoms with van der Waals surface area (Å²) in [6.45, 7) is 12.6. The molecule has 0 saturated heterocycles. The first-order valence-corrected chi connectivity index (χ1v) is 12.4. The zero-order chi connectivity index (χ0) is 26.2. The van der Waals surface area contributed by atoms with E-state index in [-0.39, 0.29) is 12.4 Å². The highest BCUT2D eigenvalue weighted by atomic mass is 19.1. The van der Waals surface area contributed by atoms with E-state index >= 15 is 0 Å². The Labute approximate surface area is 212 Å². The van der Waals surface area contributed by atoms with E-state index in [1.807, 2.05) is 37.3 Å². The zero-order valence-electron chi connectivity index (χ0n) is 21.7. The molecule has 1 heterocycles. The molecule has 0 aliphatic carbocycles. The van der Waals surface area contributed by atoms with Gasteiger partial charge in [0.05, 0.1) is 29.7 Å². The van der Waals surface area contributed by atoms with Crippen LogP contribution in [0.3, 0.4) is 0 Å². The summed E-state index contributed by atoms with van der Waals surface area (Å²) in [4.78, 5) is 2.13. The number of aliphatic hydroxyl groups is 1. The fraction of sp³-hybridized carbons (Fsp3) is 0.464. The van der Waals surface area contributed by atoms with Crippen LogP contribution in [0.4, 0.5) is 8.78 Å². The first-order chi connectivity index (χ1) is 17.1. The van der Waals surface area contributed by atoms with Crippen LogP contribution in [-0.4, -0.2) is 52.2 Å². The van der Waals surface area contributed by atoms with Crippen LogP contribution < -0.4 is 4.74 Å². The SMILES string of the molecule is Cc1nn(-c2ccccc2)c(Oc2ccc(F)cc2F)c1CN(CC(C)C)C[C@@H](O)COCC(C)C. The smallest absolute Gasteiger partial charge is 0.227 e. The molecule has 1 N–H and O–H groups in total. The molecule has 1 atom stereocenters. The quantitative estimate of drug-likeness (QED) is 0.324. The van der Waals surface area contributed by atoms with Crippen molar-refractivity contribution in [2.24, 2.45) is 11.8 Å². The van der Waals surface area contributed by atoms with Crippen LogP contribution in [0.15, 0.2) is 48.5 Å². The highest BCUT2D eigenvalue weighted by Gasteiger charge is 2.24. The van der Waals surface area contributed by atoms with Gasteiger partial charge in [0.25, 0.3) is 0 Å². The van der Waals surface area contributed by atoms with Crippen LogP contribution in [-0.2, 0) is 11.3 Å². The van der Waals surface area contributed by atoms with Gasteiger partial charge in [-0.25, -0.2) is 13.5 Å². The van der Waals surface area contributed by atoms with Crippen LogP contribution >= 0.6 is 0 Å². The maximum absolute atomic E-state index is 14.5. The molecule has 6 nitrogen and oxygen atoms in total. The number of aryl methyl sites for hydroxylation is 1. The number of hydrogen-bond donors (Lipinski definition) is 1. The maximum atomic E-state index is 14.5. The summed E-state index contributed by atoms with van der Waals surface area (Å²) in [5.41, 5.74) is 2.23. The van der Waals surface area contributed by atoms with Crippen molar-refractivity contribution >= 4 is 0 Å². The van der Waals surface area contributed by atoms with Crippen LogP contribution in [0.2, 0.25) is 0 Å². The minimum absolute atomic E-state index is 0.0905. The largest absolute Gasteiger partial charge is 0.435 e. The van der Waals surface area contributed by atoms with Crippen LogP contribution in [0.5, 0.6) is 11.6 Å². The molecule has 0 aliphatic rings. The molecule has 0 radical (unpaired) electrons. The number of rotatable bonds is 13. The summed E-state index contributed by atoms with van der Waals surface area (Å²) in [5.74, 6) is -0.476. The van der Waals surface area contributed by atoms with Crippen molar-refractivity contribution < 1.29 is 23.4 Å². The van der Waals surface area contributed by atoms with Crippen LogP contribution in [0, 0.1) is 30.4 Å². The van der Waals surface area contributed by atoms with E-state index in [9.17, 15) is 13.9 Å². The van der Waals surface area contributed by atoms with Crippen molar-refractivity contribution in [2.45, 2.75) is 47.3 Å². The number of halogens is 2. The molecule has 0 spiro atoms. The Morgan fingerprint density at radius 1 is 0.972 bits per heavy atom. The lowest BCUT2D eigenvalue weighted by Gasteiger charge is -2.27. The van der Waals surface area contributed by atoms with Crippen LogP contribution in [0.25, 0.3) is 5.69 Å². The third-order valence-corrected chi connectivity index (χ3v) is 5.47. The molecule has 0 unspecified atom stereocenters. The number of hydrogen-bond acceptors (Lipinski definition) is 5. The number of ether oxygens (including phenoxy) is 2. The van der Waals surface area contributed by atoms with Gasteiger partial charge in [-0.05, 0) is 43.0 Å². The van der Waals surface area contributed by atoms with Crippen LogP contribution in [0.1, 0.15) is 39.0 Å². The van der Waals surface area contributed by atoms with E-state index in [1.54, 1.807) is 4.68 Å². The topological polar surface area (TPSA) is 59.8 Å². The Kier molecular flexibility index (Phi) is 9.98. The van der Waals surface area contributed by atoms with E-state index in [2.05, 4.69) is 37.7 Å². The predicted octanol–water partition coefficient (Wildman–Crippen LogP) is 5.74. The van der Waals surface area contributed by atoms with Gasteiger partial charge in [0, 0.05) is 32.3 Å². The number of aliphatic hydroxyl groups excluding tert-OH is 1. The fourth-order valence-corrected chi connectivity index (χ4v) is 3.97. The molecule has 2 aromatic carbocycles. The van der Waals surface area contributed by atoms with Crippen molar-refractivity contribution in [1.29, 1.82) is 0 Å². The van der Waals surface area contributed by atoms with Gasteiger partial charge in [-0.2, -0.15) is 5.10 Å². The molecule has 8 heteroatoms. The Bertz CT molecular complexity index is 1100. The monoisotopic (exact) mass is 501 g/mol. The van der Waals surface area contributed by atoms with E-state index in [0.717, 1.165) is 35.6 Å². The molecule has 0 aliphatic heterocycles. The van der Waals surface area contributed by atoms with Gasteiger partial charge in [0.2, 0.25) is 5.88 Å². The number of para-hydroxylation sites is 1. The maximum Gasteiger partial charge on any atom is 0.227 e. The lowest BCUT2D eigenvalue weighted by atomic mass is 10.1. The molecular weight excluding hydrogens is 464 g/mol. The second-order valence-electron chi connectivity index (χ2n) is 9.97. The molecule has 3 rings (SSSR count). The summed E-state index contributed by atoms with van der Waals surface area (Å²) in [6.07, 6.45) is -0.661. The van der Waals surface area contributed by atoms with Gasteiger partial charge in [0.1, 0.15) is 5.82 Å². The molecule has 0 fully saturated rings. The lowest BCUT2D eigenvalue weighted by molar-refractivity contribution is 0.00511. The first-order valence-electron chi connectivity index (χ1n) is 12.4. The molecule has 0 amide bonds. The highest BCUT2D eigenvalue weighted by molar-refractivity contribution is 5.43. The van der Waals surface area contributed by atoms with Crippen molar-refractivity contribution in [3.05, 3.63) is 71.4 Å². The summed E-state index contributed by atoms with van der Waals surface area (Å²) < 4.78 is 41.4. The first kappa shape index (κ1) is 27.8. The van der Waals surface area contributed by atoms with E-state index in [4.69, 9.17) is 9.47 Å². The third kappa shape index (κ3) is 7.85. The molecule has 0 bridgehead atoms. The molecule has 3 aromatic rings. The predicted molar refractivity (Wildman–Crippen MR) is 137 cm³/mol. The molecule has 36 heavy (non-hydrogen) atoms. The van der Waals surface area contributed by atoms with Crippen molar-refractivity contribution in [1.82, 2.24) is 14.7 Å². The molecular formula is C28H37F2N3O3. The molecule has 0 saturated carbocycles. The van der Waals surface area contributed by atoms with Crippen molar-refractivity contribution in [2.75, 3.05) is 26.3 Å². The molecule has 1 aromatic heterocycles. The van der Waals surface area contributed by atoms with E-state index < -0.39 is 17.7 Å². The van der Waals surface area contributed by atoms with Gasteiger partial charge >= 0.3 is 0 Å². The number of nitrogens with zero attached hydrogens (tertiary/aromatic N) is 3. The minimum atomic E-state index is -0.795. The Hall–Kier alpha value is -2.81. The summed E-state index contributed by atoms with van der Waals surface area (Å²) in [6, 6.07) is 12.6. The Morgan fingerprint density at radius 2 is 1.69 bits per heavy atom. The average Bonchev–Trinajstić information content (AvgIpc) is 3.10. The minimum Gasteiger partial charge on any atom is -0.435 e. The molecule has 196 valence electrons. The zero-order valence-corrected chi connectivity index (χ0v) is 21.7. The Balaban J connectivity index is 1.93. The second kappa shape index (κ2) is 12.9. The van der Waals surface area contributed by atoms with Gasteiger partial charge < -0.3 is 14.6 Å². The third-order valence-electron chi connectivity index (χ3n) is 5.47. The fourth-order valence-electron chi connectivity index (χ4n) is 3.97. The summed E-state index contributed by atoms with van der Waals surface area (Å²) in [5, 5.41) is 15.3. The van der Waals surface area contributed by atoms with E-state index in [0.29, 0.717) is 37.4 Å². The van der Waals surface area contributed by atoms with Gasteiger partial charge in [-0.15, -0.1) is 0 Å². The van der Waals surface area contributed by atoms with Crippen molar-refractivity contribution in [3.63, 3.8) is 0 Å². The van der Waals surface area contributed by atoms with Gasteiger partial charge in [-0.1, -0.05) is 45.9 Å².